The van der Waals surface area contributed by atoms with Crippen LogP contribution in [0.4, 0.5) is 0 Å². The molecule has 2 aromatic rings. The monoisotopic (exact) mass is 354 g/mol. The predicted octanol–water partition coefficient (Wildman–Crippen LogP) is 4.35. The summed E-state index contributed by atoms with van der Waals surface area (Å²) in [5.41, 5.74) is 1.85. The van der Waals surface area contributed by atoms with E-state index in [9.17, 15) is 4.79 Å². The molecule has 2 aromatic carbocycles. The van der Waals surface area contributed by atoms with Gasteiger partial charge in [-0.05, 0) is 55.3 Å². The number of rotatable bonds is 6. The lowest BCUT2D eigenvalue weighted by atomic mass is 10.1. The summed E-state index contributed by atoms with van der Waals surface area (Å²) in [4.78, 5) is 11.9. The van der Waals surface area contributed by atoms with Crippen LogP contribution < -0.4 is 10.1 Å². The highest BCUT2D eigenvalue weighted by atomic mass is 35.5. The van der Waals surface area contributed by atoms with Crippen molar-refractivity contribution < 1.29 is 9.53 Å². The zero-order valence-corrected chi connectivity index (χ0v) is 14.9. The number of nitrogens with zero attached hydrogens (tertiary/aromatic N) is 1. The van der Waals surface area contributed by atoms with Crippen molar-refractivity contribution in [3.63, 3.8) is 0 Å². The molecular weight excluding hydrogens is 336 g/mol. The average Bonchev–Trinajstić information content (AvgIpc) is 2.59. The summed E-state index contributed by atoms with van der Waals surface area (Å²) in [6, 6.07) is 16.6. The number of carbonyl (C=O) groups excluding carboxylic acids is 1. The molecule has 128 valence electrons. The van der Waals surface area contributed by atoms with E-state index in [0.717, 1.165) is 11.1 Å². The molecule has 0 heterocycles. The van der Waals surface area contributed by atoms with Crippen LogP contribution in [0.1, 0.15) is 25.0 Å². The van der Waals surface area contributed by atoms with E-state index in [0.29, 0.717) is 17.4 Å². The van der Waals surface area contributed by atoms with Crippen LogP contribution in [0.25, 0.3) is 6.08 Å². The van der Waals surface area contributed by atoms with E-state index >= 15 is 0 Å². The second-order valence-electron chi connectivity index (χ2n) is 5.78. The molecular formula is C20H19ClN2O2. The molecule has 0 radical (unpaired) electrons. The molecule has 0 atom stereocenters. The Labute approximate surface area is 152 Å². The second kappa shape index (κ2) is 8.91. The van der Waals surface area contributed by atoms with Crippen LogP contribution in [0.15, 0.2) is 54.1 Å². The molecule has 0 aromatic heterocycles. The molecule has 2 rings (SSSR count). The van der Waals surface area contributed by atoms with Crippen LogP contribution in [-0.2, 0) is 11.4 Å². The highest BCUT2D eigenvalue weighted by molar-refractivity contribution is 6.30. The molecule has 5 heteroatoms. The van der Waals surface area contributed by atoms with Crippen molar-refractivity contribution in [2.45, 2.75) is 26.5 Å². The van der Waals surface area contributed by atoms with E-state index in [1.54, 1.807) is 30.3 Å². The normalized spacial score (nSPS) is 11.1. The van der Waals surface area contributed by atoms with E-state index in [1.807, 2.05) is 44.2 Å². The van der Waals surface area contributed by atoms with Gasteiger partial charge in [-0.3, -0.25) is 4.79 Å². The van der Waals surface area contributed by atoms with E-state index in [-0.39, 0.29) is 17.5 Å². The van der Waals surface area contributed by atoms with Gasteiger partial charge in [0.25, 0.3) is 5.91 Å². The van der Waals surface area contributed by atoms with Gasteiger partial charge in [-0.1, -0.05) is 35.9 Å². The molecule has 0 saturated carbocycles. The molecule has 1 amide bonds. The third-order valence-electron chi connectivity index (χ3n) is 3.29. The molecule has 0 aliphatic heterocycles. The first-order valence-electron chi connectivity index (χ1n) is 7.88. The summed E-state index contributed by atoms with van der Waals surface area (Å²) < 4.78 is 5.71. The van der Waals surface area contributed by atoms with E-state index < -0.39 is 0 Å². The van der Waals surface area contributed by atoms with Gasteiger partial charge in [0.1, 0.15) is 24.0 Å². The fourth-order valence-electron chi connectivity index (χ4n) is 2.06. The van der Waals surface area contributed by atoms with Crippen molar-refractivity contribution in [2.75, 3.05) is 0 Å². The molecule has 0 fully saturated rings. The van der Waals surface area contributed by atoms with E-state index in [4.69, 9.17) is 21.6 Å². The van der Waals surface area contributed by atoms with Crippen LogP contribution in [-0.4, -0.2) is 11.9 Å². The minimum Gasteiger partial charge on any atom is -0.489 e. The SMILES string of the molecule is CC(C)NC(=O)/C(C#N)=C/c1ccc(OCc2ccc(Cl)cc2)cc1. The summed E-state index contributed by atoms with van der Waals surface area (Å²) in [6.45, 7) is 4.13. The molecule has 1 N–H and O–H groups in total. The maximum Gasteiger partial charge on any atom is 0.262 e. The fourth-order valence-corrected chi connectivity index (χ4v) is 2.19. The zero-order chi connectivity index (χ0) is 18.2. The average molecular weight is 355 g/mol. The fraction of sp³-hybridized carbons (Fsp3) is 0.200. The Balaban J connectivity index is 2.01. The molecule has 0 saturated heterocycles. The van der Waals surface area contributed by atoms with Gasteiger partial charge >= 0.3 is 0 Å². The summed E-state index contributed by atoms with van der Waals surface area (Å²) in [5.74, 6) is 0.331. The van der Waals surface area contributed by atoms with Crippen molar-refractivity contribution in [2.24, 2.45) is 0 Å². The van der Waals surface area contributed by atoms with Crippen molar-refractivity contribution in [1.29, 1.82) is 5.26 Å². The van der Waals surface area contributed by atoms with Crippen molar-refractivity contribution in [3.05, 3.63) is 70.3 Å². The van der Waals surface area contributed by atoms with Gasteiger partial charge in [0.2, 0.25) is 0 Å². The van der Waals surface area contributed by atoms with Crippen LogP contribution in [0.5, 0.6) is 5.75 Å². The van der Waals surface area contributed by atoms with Crippen LogP contribution >= 0.6 is 11.6 Å². The molecule has 0 aliphatic carbocycles. The summed E-state index contributed by atoms with van der Waals surface area (Å²) >= 11 is 5.85. The van der Waals surface area contributed by atoms with Crippen molar-refractivity contribution in [3.8, 4) is 11.8 Å². The Kier molecular flexibility index (Phi) is 6.62. The summed E-state index contributed by atoms with van der Waals surface area (Å²) in [7, 11) is 0. The molecule has 4 nitrogen and oxygen atoms in total. The third kappa shape index (κ3) is 5.98. The van der Waals surface area contributed by atoms with Crippen molar-refractivity contribution in [1.82, 2.24) is 5.32 Å². The lowest BCUT2D eigenvalue weighted by molar-refractivity contribution is -0.117. The minimum atomic E-state index is -0.374. The first kappa shape index (κ1) is 18.6. The number of benzene rings is 2. The Morgan fingerprint density at radius 1 is 1.20 bits per heavy atom. The van der Waals surface area contributed by atoms with E-state index in [2.05, 4.69) is 5.32 Å². The standard InChI is InChI=1S/C20H19ClN2O2/c1-14(2)23-20(24)17(12-22)11-15-5-9-19(10-6-15)25-13-16-3-7-18(21)8-4-16/h3-11,14H,13H2,1-2H3,(H,23,24)/b17-11+. The van der Waals surface area contributed by atoms with Crippen LogP contribution in [0.2, 0.25) is 5.02 Å². The Morgan fingerprint density at radius 3 is 2.40 bits per heavy atom. The molecule has 0 aliphatic rings. The number of halogens is 1. The highest BCUT2D eigenvalue weighted by Crippen LogP contribution is 2.17. The molecule has 0 spiro atoms. The number of hydrogen-bond donors (Lipinski definition) is 1. The maximum absolute atomic E-state index is 11.9. The van der Waals surface area contributed by atoms with Crippen molar-refractivity contribution >= 4 is 23.6 Å². The van der Waals surface area contributed by atoms with Gasteiger partial charge in [-0.15, -0.1) is 0 Å². The van der Waals surface area contributed by atoms with Gasteiger partial charge in [0.05, 0.1) is 0 Å². The first-order chi connectivity index (χ1) is 12.0. The minimum absolute atomic E-state index is 0.0205. The molecule has 0 unspecified atom stereocenters. The second-order valence-corrected chi connectivity index (χ2v) is 6.22. The smallest absolute Gasteiger partial charge is 0.262 e. The predicted molar refractivity (Wildman–Crippen MR) is 99.1 cm³/mol. The Morgan fingerprint density at radius 2 is 1.84 bits per heavy atom. The van der Waals surface area contributed by atoms with Gasteiger partial charge < -0.3 is 10.1 Å². The van der Waals surface area contributed by atoms with Crippen LogP contribution in [0.3, 0.4) is 0 Å². The van der Waals surface area contributed by atoms with E-state index in [1.165, 1.54) is 0 Å². The summed E-state index contributed by atoms with van der Waals surface area (Å²) in [6.07, 6.45) is 1.56. The van der Waals surface area contributed by atoms with Gasteiger partial charge in [-0.2, -0.15) is 5.26 Å². The third-order valence-corrected chi connectivity index (χ3v) is 3.55. The zero-order valence-electron chi connectivity index (χ0n) is 14.1. The Hall–Kier alpha value is -2.77. The molecule has 25 heavy (non-hydrogen) atoms. The van der Waals surface area contributed by atoms with Gasteiger partial charge in [0.15, 0.2) is 0 Å². The van der Waals surface area contributed by atoms with Gasteiger partial charge in [0, 0.05) is 11.1 Å². The first-order valence-corrected chi connectivity index (χ1v) is 8.25. The topological polar surface area (TPSA) is 62.1 Å². The number of carbonyl (C=O) groups is 1. The quantitative estimate of drug-likeness (QED) is 0.619. The lowest BCUT2D eigenvalue weighted by Gasteiger charge is -2.08. The molecule has 0 bridgehead atoms. The summed E-state index contributed by atoms with van der Waals surface area (Å²) in [5, 5.41) is 12.5. The number of ether oxygens (including phenoxy) is 1. The lowest BCUT2D eigenvalue weighted by Crippen LogP contribution is -2.30. The number of hydrogen-bond acceptors (Lipinski definition) is 3. The Bertz CT molecular complexity index is 788. The maximum atomic E-state index is 11.9. The largest absolute Gasteiger partial charge is 0.489 e. The van der Waals surface area contributed by atoms with Crippen LogP contribution in [0, 0.1) is 11.3 Å². The number of nitriles is 1. The highest BCUT2D eigenvalue weighted by Gasteiger charge is 2.09. The van der Waals surface area contributed by atoms with Gasteiger partial charge in [-0.25, -0.2) is 0 Å². The number of amides is 1. The number of nitrogens with one attached hydrogen (secondary N) is 1.